The van der Waals surface area contributed by atoms with Crippen LogP contribution in [0.25, 0.3) is 17.2 Å². The fourth-order valence-corrected chi connectivity index (χ4v) is 1.95. The maximum Gasteiger partial charge on any atom is 0.274 e. The van der Waals surface area contributed by atoms with Gasteiger partial charge in [0.15, 0.2) is 5.82 Å². The predicted molar refractivity (Wildman–Crippen MR) is 70.3 cm³/mol. The molecule has 0 fully saturated rings. The number of aromatic amines is 1. The van der Waals surface area contributed by atoms with Crippen LogP contribution in [0.1, 0.15) is 5.69 Å². The number of nitrogens with zero attached hydrogens (tertiary/aromatic N) is 3. The van der Waals surface area contributed by atoms with Crippen molar-refractivity contribution in [3.05, 3.63) is 46.4 Å². The smallest absolute Gasteiger partial charge is 0.274 e. The van der Waals surface area contributed by atoms with Crippen molar-refractivity contribution in [1.29, 1.82) is 0 Å². The Balaban J connectivity index is 2.26. The summed E-state index contributed by atoms with van der Waals surface area (Å²) < 4.78 is 6.60. The highest BCUT2D eigenvalue weighted by Crippen LogP contribution is 2.26. The van der Waals surface area contributed by atoms with E-state index in [-0.39, 0.29) is 5.56 Å². The molecule has 6 heteroatoms. The van der Waals surface area contributed by atoms with Crippen molar-refractivity contribution in [3.63, 3.8) is 0 Å². The Hall–Kier alpha value is -2.63. The van der Waals surface area contributed by atoms with E-state index < -0.39 is 0 Å². The average Bonchev–Trinajstić information content (AvgIpc) is 2.82. The molecule has 0 atom stereocenters. The standard InChI is InChI=1S/C13H12N4O2/c1-8-7-11(18)17-13(14-8)15-12(16-17)9-5-3-4-6-10(9)19-2/h3-7H,1-2H3,(H,14,15,16). The Kier molecular flexibility index (Phi) is 2.56. The van der Waals surface area contributed by atoms with E-state index in [4.69, 9.17) is 4.74 Å². The molecule has 0 saturated carbocycles. The number of hydrogen-bond acceptors (Lipinski definition) is 4. The zero-order valence-electron chi connectivity index (χ0n) is 10.5. The number of fused-ring (bicyclic) bond motifs is 1. The molecule has 0 aliphatic carbocycles. The molecule has 0 bridgehead atoms. The summed E-state index contributed by atoms with van der Waals surface area (Å²) in [5.41, 5.74) is 1.24. The molecular formula is C13H12N4O2. The third-order valence-corrected chi connectivity index (χ3v) is 2.82. The van der Waals surface area contributed by atoms with Gasteiger partial charge in [-0.05, 0) is 19.1 Å². The average molecular weight is 256 g/mol. The highest BCUT2D eigenvalue weighted by molar-refractivity contribution is 5.65. The first kappa shape index (κ1) is 11.5. The van der Waals surface area contributed by atoms with Crippen molar-refractivity contribution in [3.8, 4) is 17.1 Å². The topological polar surface area (TPSA) is 72.3 Å². The lowest BCUT2D eigenvalue weighted by Crippen LogP contribution is -2.14. The molecule has 1 aromatic carbocycles. The third-order valence-electron chi connectivity index (χ3n) is 2.82. The minimum absolute atomic E-state index is 0.184. The van der Waals surface area contributed by atoms with E-state index in [1.807, 2.05) is 24.3 Å². The summed E-state index contributed by atoms with van der Waals surface area (Å²) in [6.07, 6.45) is 0. The zero-order chi connectivity index (χ0) is 13.4. The first-order valence-corrected chi connectivity index (χ1v) is 5.79. The van der Waals surface area contributed by atoms with Gasteiger partial charge >= 0.3 is 0 Å². The first-order valence-electron chi connectivity index (χ1n) is 5.79. The van der Waals surface area contributed by atoms with Gasteiger partial charge in [-0.3, -0.25) is 9.89 Å². The van der Waals surface area contributed by atoms with Crippen LogP contribution in [0.15, 0.2) is 35.1 Å². The number of hydrogen-bond donors (Lipinski definition) is 1. The number of ether oxygens (including phenoxy) is 1. The highest BCUT2D eigenvalue weighted by Gasteiger charge is 2.11. The van der Waals surface area contributed by atoms with Crippen LogP contribution in [0.2, 0.25) is 0 Å². The van der Waals surface area contributed by atoms with E-state index in [1.54, 1.807) is 14.0 Å². The summed E-state index contributed by atoms with van der Waals surface area (Å²) in [5.74, 6) is 1.59. The Morgan fingerprint density at radius 1 is 1.26 bits per heavy atom. The molecule has 6 nitrogen and oxygen atoms in total. The van der Waals surface area contributed by atoms with Crippen LogP contribution in [0.5, 0.6) is 5.75 Å². The normalized spacial score (nSPS) is 10.8. The lowest BCUT2D eigenvalue weighted by atomic mass is 10.2. The van der Waals surface area contributed by atoms with Crippen LogP contribution in [0.4, 0.5) is 0 Å². The summed E-state index contributed by atoms with van der Waals surface area (Å²) in [5, 5.41) is 2.93. The number of aromatic nitrogens is 4. The fourth-order valence-electron chi connectivity index (χ4n) is 1.95. The van der Waals surface area contributed by atoms with Gasteiger partial charge in [0, 0.05) is 11.8 Å². The Morgan fingerprint density at radius 2 is 2.05 bits per heavy atom. The molecule has 3 rings (SSSR count). The fraction of sp³-hybridized carbons (Fsp3) is 0.154. The number of benzene rings is 1. The Morgan fingerprint density at radius 3 is 2.84 bits per heavy atom. The van der Waals surface area contributed by atoms with Crippen LogP contribution >= 0.6 is 0 Å². The quantitative estimate of drug-likeness (QED) is 0.752. The SMILES string of the molecule is COc1ccccc1-c1nc2nc(C)cc(=O)n2[nH]1. The second-order valence-electron chi connectivity index (χ2n) is 4.14. The number of para-hydroxylation sites is 1. The molecule has 3 aromatic rings. The van der Waals surface area contributed by atoms with Gasteiger partial charge in [0.2, 0.25) is 0 Å². The summed E-state index contributed by atoms with van der Waals surface area (Å²) in [4.78, 5) is 20.4. The minimum Gasteiger partial charge on any atom is -0.496 e. The maximum atomic E-state index is 11.8. The largest absolute Gasteiger partial charge is 0.496 e. The van der Waals surface area contributed by atoms with Gasteiger partial charge in [0.05, 0.1) is 12.7 Å². The summed E-state index contributed by atoms with van der Waals surface area (Å²) in [6, 6.07) is 8.92. The summed E-state index contributed by atoms with van der Waals surface area (Å²) in [7, 11) is 1.59. The van der Waals surface area contributed by atoms with Crippen molar-refractivity contribution in [1.82, 2.24) is 19.6 Å². The zero-order valence-corrected chi connectivity index (χ0v) is 10.5. The van der Waals surface area contributed by atoms with E-state index >= 15 is 0 Å². The van der Waals surface area contributed by atoms with Crippen molar-refractivity contribution in [2.24, 2.45) is 0 Å². The second kappa shape index (κ2) is 4.24. The van der Waals surface area contributed by atoms with E-state index in [0.717, 1.165) is 5.56 Å². The van der Waals surface area contributed by atoms with Crippen molar-refractivity contribution in [2.75, 3.05) is 7.11 Å². The van der Waals surface area contributed by atoms with Crippen LogP contribution in [0.3, 0.4) is 0 Å². The van der Waals surface area contributed by atoms with Crippen LogP contribution in [-0.2, 0) is 0 Å². The number of nitrogens with one attached hydrogen (secondary N) is 1. The van der Waals surface area contributed by atoms with Gasteiger partial charge in [-0.1, -0.05) is 12.1 Å². The summed E-state index contributed by atoms with van der Waals surface area (Å²) in [6.45, 7) is 1.76. The predicted octanol–water partition coefficient (Wildman–Crippen LogP) is 1.40. The molecule has 19 heavy (non-hydrogen) atoms. The van der Waals surface area contributed by atoms with Gasteiger partial charge < -0.3 is 4.74 Å². The lowest BCUT2D eigenvalue weighted by molar-refractivity contribution is 0.416. The van der Waals surface area contributed by atoms with Crippen LogP contribution in [-0.4, -0.2) is 26.7 Å². The molecule has 2 heterocycles. The van der Waals surface area contributed by atoms with Crippen LogP contribution < -0.4 is 10.3 Å². The first-order chi connectivity index (χ1) is 9.19. The molecule has 0 unspecified atom stereocenters. The van der Waals surface area contributed by atoms with E-state index in [0.29, 0.717) is 23.0 Å². The number of H-pyrrole nitrogens is 1. The third kappa shape index (κ3) is 1.87. The van der Waals surface area contributed by atoms with E-state index in [2.05, 4.69) is 15.1 Å². The van der Waals surface area contributed by atoms with E-state index in [1.165, 1.54) is 10.6 Å². The monoisotopic (exact) mass is 256 g/mol. The minimum atomic E-state index is -0.184. The Bertz CT molecular complexity index is 804. The molecule has 0 saturated heterocycles. The van der Waals surface area contributed by atoms with Gasteiger partial charge in [0.1, 0.15) is 5.75 Å². The number of aryl methyl sites for hydroxylation is 1. The molecular weight excluding hydrogens is 244 g/mol. The van der Waals surface area contributed by atoms with Gasteiger partial charge in [-0.25, -0.2) is 4.98 Å². The Labute approximate surface area is 108 Å². The van der Waals surface area contributed by atoms with Crippen LogP contribution in [0, 0.1) is 6.92 Å². The summed E-state index contributed by atoms with van der Waals surface area (Å²) >= 11 is 0. The number of rotatable bonds is 2. The molecule has 0 spiro atoms. The molecule has 0 radical (unpaired) electrons. The molecule has 1 N–H and O–H groups in total. The van der Waals surface area contributed by atoms with Crippen molar-refractivity contribution >= 4 is 5.78 Å². The molecule has 96 valence electrons. The molecule has 0 aliphatic heterocycles. The van der Waals surface area contributed by atoms with Gasteiger partial charge in [-0.15, -0.1) is 0 Å². The molecule has 0 amide bonds. The lowest BCUT2D eigenvalue weighted by Gasteiger charge is -2.04. The van der Waals surface area contributed by atoms with Crippen molar-refractivity contribution < 1.29 is 4.74 Å². The number of methoxy groups -OCH3 is 1. The molecule has 0 aliphatic rings. The van der Waals surface area contributed by atoms with Gasteiger partial charge in [-0.2, -0.15) is 9.50 Å². The van der Waals surface area contributed by atoms with Crippen molar-refractivity contribution in [2.45, 2.75) is 6.92 Å². The second-order valence-corrected chi connectivity index (χ2v) is 4.14. The van der Waals surface area contributed by atoms with E-state index in [9.17, 15) is 4.79 Å². The maximum absolute atomic E-state index is 11.8. The van der Waals surface area contributed by atoms with Gasteiger partial charge in [0.25, 0.3) is 11.3 Å². The highest BCUT2D eigenvalue weighted by atomic mass is 16.5. The molecule has 2 aromatic heterocycles.